The van der Waals surface area contributed by atoms with Crippen molar-refractivity contribution in [3.8, 4) is 0 Å². The molecule has 0 atom stereocenters. The number of hydrogen-bond donors (Lipinski definition) is 2. The van der Waals surface area contributed by atoms with Crippen LogP contribution in [0, 0.1) is 0 Å². The summed E-state index contributed by atoms with van der Waals surface area (Å²) < 4.78 is 28.3. The van der Waals surface area contributed by atoms with E-state index in [-0.39, 0.29) is 25.8 Å². The summed E-state index contributed by atoms with van der Waals surface area (Å²) in [7, 11) is -2.33. The van der Waals surface area contributed by atoms with Gasteiger partial charge in [-0.25, -0.2) is 13.2 Å². The summed E-state index contributed by atoms with van der Waals surface area (Å²) in [5.41, 5.74) is -0.313. The first-order chi connectivity index (χ1) is 9.70. The normalized spacial score (nSPS) is 11.4. The van der Waals surface area contributed by atoms with Crippen molar-refractivity contribution in [1.29, 1.82) is 0 Å². The predicted octanol–water partition coefficient (Wildman–Crippen LogP) is 2.33. The average Bonchev–Trinajstić information content (AvgIpc) is 2.76. The number of nitrogens with one attached hydrogen (secondary N) is 1. The number of hydrogen-bond acceptors (Lipinski definition) is 4. The second-order valence-electron chi connectivity index (χ2n) is 4.05. The van der Waals surface area contributed by atoms with E-state index in [2.05, 4.69) is 25.8 Å². The molecule has 1 heterocycles. The molecule has 0 saturated carbocycles. The lowest BCUT2D eigenvalue weighted by molar-refractivity contribution is 0.0696. The number of halogens is 2. The van der Waals surface area contributed by atoms with Crippen molar-refractivity contribution >= 4 is 49.3 Å². The topological polar surface area (TPSA) is 101 Å². The van der Waals surface area contributed by atoms with E-state index in [1.165, 1.54) is 16.8 Å². The fourth-order valence-corrected chi connectivity index (χ4v) is 3.39. The van der Waals surface area contributed by atoms with Gasteiger partial charge >= 0.3 is 5.97 Å². The highest BCUT2D eigenvalue weighted by molar-refractivity contribution is 9.10. The van der Waals surface area contributed by atoms with Crippen molar-refractivity contribution < 1.29 is 18.3 Å². The Morgan fingerprint density at radius 1 is 1.48 bits per heavy atom. The molecule has 0 spiro atoms. The van der Waals surface area contributed by atoms with Crippen molar-refractivity contribution in [2.45, 2.75) is 4.90 Å². The van der Waals surface area contributed by atoms with Crippen molar-refractivity contribution in [3.05, 3.63) is 39.5 Å². The van der Waals surface area contributed by atoms with E-state index < -0.39 is 16.0 Å². The van der Waals surface area contributed by atoms with Crippen LogP contribution in [0.3, 0.4) is 0 Å². The zero-order valence-corrected chi connectivity index (χ0v) is 13.7. The smallest absolute Gasteiger partial charge is 0.337 e. The molecule has 1 aromatic heterocycles. The number of sulfonamides is 1. The third-order valence-electron chi connectivity index (χ3n) is 2.49. The maximum absolute atomic E-state index is 12.2. The number of aryl methyl sites for hydroxylation is 1. The Morgan fingerprint density at radius 3 is 2.67 bits per heavy atom. The molecule has 1 aromatic carbocycles. The standard InChI is InChI=1S/C11H9BrClN3O4S/c1-16-3-2-9(14-16)15-21(19,20)6-4-7(11(17)18)10(13)8(12)5-6/h2-5H,1H3,(H,14,15)(H,17,18). The van der Waals surface area contributed by atoms with Crippen LogP contribution in [0.15, 0.2) is 33.8 Å². The van der Waals surface area contributed by atoms with Crippen molar-refractivity contribution in [2.75, 3.05) is 4.72 Å². The van der Waals surface area contributed by atoms with Gasteiger partial charge in [0.1, 0.15) is 0 Å². The lowest BCUT2D eigenvalue weighted by atomic mass is 10.2. The number of carboxylic acid groups (broad SMARTS) is 1. The van der Waals surface area contributed by atoms with Gasteiger partial charge < -0.3 is 5.11 Å². The Hall–Kier alpha value is -1.58. The van der Waals surface area contributed by atoms with E-state index in [0.717, 1.165) is 6.07 Å². The maximum Gasteiger partial charge on any atom is 0.337 e. The minimum absolute atomic E-state index is 0.0701. The van der Waals surface area contributed by atoms with E-state index in [0.29, 0.717) is 0 Å². The predicted molar refractivity (Wildman–Crippen MR) is 80.1 cm³/mol. The van der Waals surface area contributed by atoms with E-state index in [9.17, 15) is 13.2 Å². The van der Waals surface area contributed by atoms with Crippen LogP contribution in [0.1, 0.15) is 10.4 Å². The SMILES string of the molecule is Cn1ccc(NS(=O)(=O)c2cc(Br)c(Cl)c(C(=O)O)c2)n1. The molecule has 10 heteroatoms. The van der Waals surface area contributed by atoms with Gasteiger partial charge in [0, 0.05) is 23.8 Å². The van der Waals surface area contributed by atoms with Crippen molar-refractivity contribution in [3.63, 3.8) is 0 Å². The highest BCUT2D eigenvalue weighted by atomic mass is 79.9. The zero-order chi connectivity index (χ0) is 15.8. The van der Waals surface area contributed by atoms with E-state index in [4.69, 9.17) is 16.7 Å². The van der Waals surface area contributed by atoms with Gasteiger partial charge in [-0.15, -0.1) is 0 Å². The summed E-state index contributed by atoms with van der Waals surface area (Å²) in [6.45, 7) is 0. The maximum atomic E-state index is 12.2. The van der Waals surface area contributed by atoms with Gasteiger partial charge in [-0.2, -0.15) is 5.10 Å². The van der Waals surface area contributed by atoms with Gasteiger partial charge in [-0.1, -0.05) is 11.6 Å². The molecular formula is C11H9BrClN3O4S. The summed E-state index contributed by atoms with van der Waals surface area (Å²) in [6.07, 6.45) is 1.57. The van der Waals surface area contributed by atoms with E-state index in [1.807, 2.05) is 0 Å². The second-order valence-corrected chi connectivity index (χ2v) is 6.97. The summed E-state index contributed by atoms with van der Waals surface area (Å²) in [5.74, 6) is -1.20. The Balaban J connectivity index is 2.47. The van der Waals surface area contributed by atoms with Crippen LogP contribution in [-0.2, 0) is 17.1 Å². The molecule has 0 saturated heterocycles. The quantitative estimate of drug-likeness (QED) is 0.829. The van der Waals surface area contributed by atoms with Gasteiger partial charge in [0.15, 0.2) is 5.82 Å². The minimum Gasteiger partial charge on any atom is -0.478 e. The summed E-state index contributed by atoms with van der Waals surface area (Å²) in [5, 5.41) is 12.9. The van der Waals surface area contributed by atoms with Gasteiger partial charge in [0.05, 0.1) is 15.5 Å². The molecule has 21 heavy (non-hydrogen) atoms. The van der Waals surface area contributed by atoms with Crippen LogP contribution in [-0.4, -0.2) is 29.3 Å². The second kappa shape index (κ2) is 5.66. The number of aromatic carboxylic acids is 1. The Labute approximate surface area is 133 Å². The zero-order valence-electron chi connectivity index (χ0n) is 10.5. The lowest BCUT2D eigenvalue weighted by Crippen LogP contribution is -2.14. The molecular weight excluding hydrogens is 386 g/mol. The van der Waals surface area contributed by atoms with Crippen molar-refractivity contribution in [2.24, 2.45) is 7.05 Å². The molecule has 0 fully saturated rings. The highest BCUT2D eigenvalue weighted by Crippen LogP contribution is 2.30. The molecule has 2 rings (SSSR count). The molecule has 112 valence electrons. The molecule has 7 nitrogen and oxygen atoms in total. The summed E-state index contributed by atoms with van der Waals surface area (Å²) in [6, 6.07) is 3.68. The van der Waals surface area contributed by atoms with Crippen LogP contribution in [0.5, 0.6) is 0 Å². The van der Waals surface area contributed by atoms with Gasteiger partial charge in [-0.05, 0) is 28.1 Å². The first-order valence-corrected chi connectivity index (χ1v) is 8.11. The van der Waals surface area contributed by atoms with Gasteiger partial charge in [0.25, 0.3) is 10.0 Å². The van der Waals surface area contributed by atoms with Crippen LogP contribution in [0.2, 0.25) is 5.02 Å². The van der Waals surface area contributed by atoms with Crippen LogP contribution in [0.4, 0.5) is 5.82 Å². The van der Waals surface area contributed by atoms with Gasteiger partial charge in [0.2, 0.25) is 0 Å². The molecule has 0 amide bonds. The molecule has 2 aromatic rings. The van der Waals surface area contributed by atoms with E-state index >= 15 is 0 Å². The number of carboxylic acids is 1. The first-order valence-electron chi connectivity index (χ1n) is 5.45. The number of rotatable bonds is 4. The van der Waals surface area contributed by atoms with Gasteiger partial charge in [-0.3, -0.25) is 9.40 Å². The molecule has 0 bridgehead atoms. The fraction of sp³-hybridized carbons (Fsp3) is 0.0909. The van der Waals surface area contributed by atoms with Crippen LogP contribution < -0.4 is 4.72 Å². The first kappa shape index (κ1) is 15.8. The number of benzene rings is 1. The Bertz CT molecular complexity index is 819. The van der Waals surface area contributed by atoms with E-state index in [1.54, 1.807) is 13.2 Å². The Kier molecular flexibility index (Phi) is 4.26. The lowest BCUT2D eigenvalue weighted by Gasteiger charge is -2.09. The third kappa shape index (κ3) is 3.36. The summed E-state index contributed by atoms with van der Waals surface area (Å²) in [4.78, 5) is 10.8. The van der Waals surface area contributed by atoms with Crippen LogP contribution in [0.25, 0.3) is 0 Å². The van der Waals surface area contributed by atoms with Crippen LogP contribution >= 0.6 is 27.5 Å². The molecule has 0 radical (unpaired) electrons. The molecule has 0 aliphatic heterocycles. The summed E-state index contributed by atoms with van der Waals surface area (Å²) >= 11 is 8.86. The molecule has 0 aliphatic rings. The fourth-order valence-electron chi connectivity index (χ4n) is 1.54. The third-order valence-corrected chi connectivity index (χ3v) is 5.09. The number of carbonyl (C=O) groups is 1. The molecule has 0 unspecified atom stereocenters. The van der Waals surface area contributed by atoms with Crippen molar-refractivity contribution in [1.82, 2.24) is 9.78 Å². The largest absolute Gasteiger partial charge is 0.478 e. The number of anilines is 1. The Morgan fingerprint density at radius 2 is 2.14 bits per heavy atom. The molecule has 2 N–H and O–H groups in total. The monoisotopic (exact) mass is 393 g/mol. The number of aromatic nitrogens is 2. The average molecular weight is 395 g/mol. The number of nitrogens with zero attached hydrogens (tertiary/aromatic N) is 2. The minimum atomic E-state index is -3.97. The molecule has 0 aliphatic carbocycles. The highest BCUT2D eigenvalue weighted by Gasteiger charge is 2.21.